The lowest BCUT2D eigenvalue weighted by atomic mass is 9.78. The highest BCUT2D eigenvalue weighted by Gasteiger charge is 2.31. The molecule has 130 valence electrons. The molecular weight excluding hydrogens is 304 g/mol. The lowest BCUT2D eigenvalue weighted by molar-refractivity contribution is -0.137. The van der Waals surface area contributed by atoms with E-state index in [4.69, 9.17) is 0 Å². The molecule has 0 bridgehead atoms. The summed E-state index contributed by atoms with van der Waals surface area (Å²) in [7, 11) is 1.77. The molecule has 1 aromatic carbocycles. The van der Waals surface area contributed by atoms with Gasteiger partial charge in [-0.1, -0.05) is 36.4 Å². The predicted molar refractivity (Wildman–Crippen MR) is 94.0 cm³/mol. The third kappa shape index (κ3) is 4.60. The highest BCUT2D eigenvalue weighted by molar-refractivity contribution is 5.74. The molecule has 1 aromatic rings. The molecule has 1 unspecified atom stereocenters. The zero-order valence-electron chi connectivity index (χ0n) is 14.2. The summed E-state index contributed by atoms with van der Waals surface area (Å²) in [6, 6.07) is 9.87. The van der Waals surface area contributed by atoms with Crippen molar-refractivity contribution in [3.05, 3.63) is 48.6 Å². The fourth-order valence-corrected chi connectivity index (χ4v) is 3.45. The molecule has 1 saturated heterocycles. The molecule has 0 aromatic heterocycles. The minimum Gasteiger partial charge on any atom is -0.481 e. The molecule has 1 atom stereocenters. The van der Waals surface area contributed by atoms with Crippen LogP contribution in [0.3, 0.4) is 0 Å². The minimum atomic E-state index is -0.770. The molecule has 1 aliphatic heterocycles. The molecule has 0 radical (unpaired) electrons. The number of piperidine rings is 1. The molecule has 1 aliphatic rings. The number of aliphatic carboxylic acids is 1. The molecule has 1 fully saturated rings. The van der Waals surface area contributed by atoms with Crippen LogP contribution in [0.5, 0.6) is 0 Å². The lowest BCUT2D eigenvalue weighted by Crippen LogP contribution is -2.46. The number of carboxylic acid groups (broad SMARTS) is 1. The Morgan fingerprint density at radius 2 is 1.96 bits per heavy atom. The van der Waals surface area contributed by atoms with Gasteiger partial charge in [-0.2, -0.15) is 0 Å². The number of likely N-dealkylation sites (N-methyl/N-ethyl adjacent to an activating group) is 1. The number of urea groups is 1. The average molecular weight is 330 g/mol. The van der Waals surface area contributed by atoms with E-state index in [2.05, 4.69) is 6.58 Å². The molecular formula is C19H26N2O3. The zero-order chi connectivity index (χ0) is 17.5. The second-order valence-electron chi connectivity index (χ2n) is 6.39. The van der Waals surface area contributed by atoms with Crippen LogP contribution in [0.4, 0.5) is 4.79 Å². The van der Waals surface area contributed by atoms with Gasteiger partial charge in [0, 0.05) is 26.7 Å². The summed E-state index contributed by atoms with van der Waals surface area (Å²) in [4.78, 5) is 27.1. The Bertz CT molecular complexity index is 565. The largest absolute Gasteiger partial charge is 0.481 e. The van der Waals surface area contributed by atoms with Gasteiger partial charge in [0.15, 0.2) is 0 Å². The number of carboxylic acids is 1. The van der Waals surface area contributed by atoms with Crippen LogP contribution in [0.2, 0.25) is 0 Å². The average Bonchev–Trinajstić information content (AvgIpc) is 2.60. The van der Waals surface area contributed by atoms with Gasteiger partial charge in [-0.3, -0.25) is 4.79 Å². The number of carbonyl (C=O) groups is 2. The standard InChI is InChI=1S/C19H26N2O3/c1-3-11-20(2)19(24)21-12-9-16(10-13-21)17(14-18(22)23)15-7-5-4-6-8-15/h3-8,16-17H,1,9-14H2,2H3,(H,22,23). The van der Waals surface area contributed by atoms with Gasteiger partial charge in [0.25, 0.3) is 0 Å². The third-order valence-corrected chi connectivity index (χ3v) is 4.73. The molecule has 2 amide bonds. The van der Waals surface area contributed by atoms with E-state index in [1.54, 1.807) is 18.0 Å². The number of carbonyl (C=O) groups excluding carboxylic acids is 1. The molecule has 24 heavy (non-hydrogen) atoms. The van der Waals surface area contributed by atoms with E-state index in [0.29, 0.717) is 19.6 Å². The Morgan fingerprint density at radius 1 is 1.33 bits per heavy atom. The smallest absolute Gasteiger partial charge is 0.320 e. The van der Waals surface area contributed by atoms with Crippen LogP contribution in [0.15, 0.2) is 43.0 Å². The van der Waals surface area contributed by atoms with Gasteiger partial charge in [-0.25, -0.2) is 4.79 Å². The maximum absolute atomic E-state index is 12.3. The van der Waals surface area contributed by atoms with E-state index in [-0.39, 0.29) is 24.3 Å². The Balaban J connectivity index is 2.01. The maximum Gasteiger partial charge on any atom is 0.320 e. The van der Waals surface area contributed by atoms with E-state index >= 15 is 0 Å². The lowest BCUT2D eigenvalue weighted by Gasteiger charge is -2.37. The van der Waals surface area contributed by atoms with Gasteiger partial charge in [0.2, 0.25) is 0 Å². The van der Waals surface area contributed by atoms with Crippen LogP contribution in [0.25, 0.3) is 0 Å². The molecule has 5 nitrogen and oxygen atoms in total. The normalized spacial score (nSPS) is 16.5. The highest BCUT2D eigenvalue weighted by atomic mass is 16.4. The Labute approximate surface area is 143 Å². The number of hydrogen-bond acceptors (Lipinski definition) is 2. The first-order valence-corrected chi connectivity index (χ1v) is 8.40. The van der Waals surface area contributed by atoms with Crippen molar-refractivity contribution in [2.75, 3.05) is 26.7 Å². The van der Waals surface area contributed by atoms with E-state index < -0.39 is 5.97 Å². The monoisotopic (exact) mass is 330 g/mol. The van der Waals surface area contributed by atoms with Crippen molar-refractivity contribution in [2.45, 2.75) is 25.2 Å². The van der Waals surface area contributed by atoms with Crippen LogP contribution in [-0.4, -0.2) is 53.6 Å². The Hall–Kier alpha value is -2.30. The quantitative estimate of drug-likeness (QED) is 0.815. The van der Waals surface area contributed by atoms with Gasteiger partial charge in [-0.15, -0.1) is 6.58 Å². The van der Waals surface area contributed by atoms with Crippen molar-refractivity contribution in [3.63, 3.8) is 0 Å². The summed E-state index contributed by atoms with van der Waals surface area (Å²) < 4.78 is 0. The Morgan fingerprint density at radius 3 is 2.50 bits per heavy atom. The summed E-state index contributed by atoms with van der Waals surface area (Å²) in [6.45, 7) is 5.54. The first-order valence-electron chi connectivity index (χ1n) is 8.40. The molecule has 0 aliphatic carbocycles. The van der Waals surface area contributed by atoms with Crippen molar-refractivity contribution >= 4 is 12.0 Å². The number of likely N-dealkylation sites (tertiary alicyclic amines) is 1. The van der Waals surface area contributed by atoms with Gasteiger partial charge in [0.1, 0.15) is 0 Å². The minimum absolute atomic E-state index is 0.00635. The fraction of sp³-hybridized carbons (Fsp3) is 0.474. The fourth-order valence-electron chi connectivity index (χ4n) is 3.45. The zero-order valence-corrected chi connectivity index (χ0v) is 14.2. The molecule has 1 heterocycles. The number of benzene rings is 1. The third-order valence-electron chi connectivity index (χ3n) is 4.73. The number of nitrogens with zero attached hydrogens (tertiary/aromatic N) is 2. The Kier molecular flexibility index (Phi) is 6.41. The van der Waals surface area contributed by atoms with E-state index in [9.17, 15) is 14.7 Å². The van der Waals surface area contributed by atoms with E-state index in [0.717, 1.165) is 18.4 Å². The van der Waals surface area contributed by atoms with E-state index in [1.165, 1.54) is 0 Å². The topological polar surface area (TPSA) is 60.9 Å². The van der Waals surface area contributed by atoms with Crippen LogP contribution < -0.4 is 0 Å². The van der Waals surface area contributed by atoms with Crippen LogP contribution in [0.1, 0.15) is 30.7 Å². The SMILES string of the molecule is C=CCN(C)C(=O)N1CCC(C(CC(=O)O)c2ccccc2)CC1. The van der Waals surface area contributed by atoms with Crippen molar-refractivity contribution in [1.82, 2.24) is 9.80 Å². The first kappa shape index (κ1) is 18.0. The number of rotatable bonds is 6. The van der Waals surface area contributed by atoms with Gasteiger partial charge < -0.3 is 14.9 Å². The summed E-state index contributed by atoms with van der Waals surface area (Å²) in [5, 5.41) is 9.27. The van der Waals surface area contributed by atoms with Gasteiger partial charge in [0.05, 0.1) is 6.42 Å². The maximum atomic E-state index is 12.3. The predicted octanol–water partition coefficient (Wildman–Crippen LogP) is 3.19. The van der Waals surface area contributed by atoms with Crippen LogP contribution >= 0.6 is 0 Å². The molecule has 5 heteroatoms. The first-order chi connectivity index (χ1) is 11.5. The van der Waals surface area contributed by atoms with E-state index in [1.807, 2.05) is 35.2 Å². The summed E-state index contributed by atoms with van der Waals surface area (Å²) in [5.41, 5.74) is 1.08. The van der Waals surface area contributed by atoms with Crippen LogP contribution in [0, 0.1) is 5.92 Å². The van der Waals surface area contributed by atoms with Crippen molar-refractivity contribution in [2.24, 2.45) is 5.92 Å². The van der Waals surface area contributed by atoms with Gasteiger partial charge in [-0.05, 0) is 30.2 Å². The van der Waals surface area contributed by atoms with Gasteiger partial charge >= 0.3 is 12.0 Å². The second kappa shape index (κ2) is 8.52. The van der Waals surface area contributed by atoms with Crippen molar-refractivity contribution < 1.29 is 14.7 Å². The molecule has 0 saturated carbocycles. The summed E-state index contributed by atoms with van der Waals surface area (Å²) >= 11 is 0. The van der Waals surface area contributed by atoms with Crippen molar-refractivity contribution in [1.29, 1.82) is 0 Å². The second-order valence-corrected chi connectivity index (χ2v) is 6.39. The summed E-state index contributed by atoms with van der Waals surface area (Å²) in [5.74, 6) is -0.475. The van der Waals surface area contributed by atoms with Crippen LogP contribution in [-0.2, 0) is 4.79 Å². The molecule has 0 spiro atoms. The highest BCUT2D eigenvalue weighted by Crippen LogP contribution is 2.35. The number of hydrogen-bond donors (Lipinski definition) is 1. The number of amides is 2. The molecule has 2 rings (SSSR count). The van der Waals surface area contributed by atoms with Crippen molar-refractivity contribution in [3.8, 4) is 0 Å². The molecule has 1 N–H and O–H groups in total. The summed E-state index contributed by atoms with van der Waals surface area (Å²) in [6.07, 6.45) is 3.52.